The van der Waals surface area contributed by atoms with Gasteiger partial charge in [-0.3, -0.25) is 4.79 Å². The van der Waals surface area contributed by atoms with Crippen LogP contribution in [0.25, 0.3) is 0 Å². The summed E-state index contributed by atoms with van der Waals surface area (Å²) in [7, 11) is 3.25. The Bertz CT molecular complexity index is 856. The first-order valence-electron chi connectivity index (χ1n) is 9.53. The SMILES string of the molecule is COc1cc2c(cc1OC)[C@H]([C@H](C)NC(C)=O)[NH+](Cc1cccc(F)c1)CC2. The summed E-state index contributed by atoms with van der Waals surface area (Å²) in [4.78, 5) is 13.0. The lowest BCUT2D eigenvalue weighted by Crippen LogP contribution is -3.13. The molecule has 0 spiro atoms. The van der Waals surface area contributed by atoms with Crippen molar-refractivity contribution in [2.45, 2.75) is 38.9 Å². The second-order valence-corrected chi connectivity index (χ2v) is 7.34. The zero-order chi connectivity index (χ0) is 20.3. The van der Waals surface area contributed by atoms with Crippen LogP contribution in [0.1, 0.15) is 36.6 Å². The van der Waals surface area contributed by atoms with Crippen molar-refractivity contribution in [1.29, 1.82) is 0 Å². The number of quaternary nitrogens is 1. The van der Waals surface area contributed by atoms with E-state index in [4.69, 9.17) is 9.47 Å². The number of amides is 1. The number of nitrogens with one attached hydrogen (secondary N) is 2. The second kappa shape index (κ2) is 8.61. The van der Waals surface area contributed by atoms with E-state index in [2.05, 4.69) is 5.32 Å². The van der Waals surface area contributed by atoms with Crippen molar-refractivity contribution in [3.8, 4) is 11.5 Å². The number of hydrogen-bond acceptors (Lipinski definition) is 3. The molecule has 2 aromatic carbocycles. The van der Waals surface area contributed by atoms with Crippen LogP contribution in [0, 0.1) is 5.82 Å². The molecule has 0 aromatic heterocycles. The molecule has 3 rings (SSSR count). The van der Waals surface area contributed by atoms with Crippen LogP contribution in [0.2, 0.25) is 0 Å². The van der Waals surface area contributed by atoms with Crippen LogP contribution in [0.15, 0.2) is 36.4 Å². The molecule has 1 heterocycles. The van der Waals surface area contributed by atoms with Gasteiger partial charge in [-0.1, -0.05) is 12.1 Å². The zero-order valence-electron chi connectivity index (χ0n) is 16.8. The summed E-state index contributed by atoms with van der Waals surface area (Å²) >= 11 is 0. The van der Waals surface area contributed by atoms with Crippen LogP contribution in [0.5, 0.6) is 11.5 Å². The third kappa shape index (κ3) is 4.28. The first kappa shape index (κ1) is 20.1. The lowest BCUT2D eigenvalue weighted by molar-refractivity contribution is -0.948. The Morgan fingerprint density at radius 1 is 1.25 bits per heavy atom. The predicted molar refractivity (Wildman–Crippen MR) is 105 cm³/mol. The molecule has 5 nitrogen and oxygen atoms in total. The molecule has 3 atom stereocenters. The van der Waals surface area contributed by atoms with Gasteiger partial charge in [0.25, 0.3) is 0 Å². The van der Waals surface area contributed by atoms with E-state index in [1.54, 1.807) is 26.4 Å². The largest absolute Gasteiger partial charge is 0.493 e. The summed E-state index contributed by atoms with van der Waals surface area (Å²) in [5.74, 6) is 1.09. The second-order valence-electron chi connectivity index (χ2n) is 7.34. The number of rotatable bonds is 6. The number of carbonyl (C=O) groups excluding carboxylic acids is 1. The van der Waals surface area contributed by atoms with Gasteiger partial charge in [0.2, 0.25) is 5.91 Å². The average molecular weight is 387 g/mol. The molecule has 2 N–H and O–H groups in total. The van der Waals surface area contributed by atoms with Crippen molar-refractivity contribution in [3.63, 3.8) is 0 Å². The number of fused-ring (bicyclic) bond motifs is 1. The van der Waals surface area contributed by atoms with Crippen molar-refractivity contribution in [2.24, 2.45) is 0 Å². The number of ether oxygens (including phenoxy) is 2. The van der Waals surface area contributed by atoms with E-state index in [9.17, 15) is 9.18 Å². The molecule has 0 bridgehead atoms. The Kier molecular flexibility index (Phi) is 6.19. The van der Waals surface area contributed by atoms with E-state index in [1.165, 1.54) is 23.5 Å². The van der Waals surface area contributed by atoms with Gasteiger partial charge in [0, 0.05) is 24.5 Å². The molecule has 0 radical (unpaired) electrons. The summed E-state index contributed by atoms with van der Waals surface area (Å²) in [6.07, 6.45) is 0.879. The van der Waals surface area contributed by atoms with Crippen LogP contribution in [-0.2, 0) is 17.8 Å². The summed E-state index contributed by atoms with van der Waals surface area (Å²) in [6, 6.07) is 10.7. The van der Waals surface area contributed by atoms with Crippen LogP contribution in [0.4, 0.5) is 4.39 Å². The van der Waals surface area contributed by atoms with Crippen molar-refractivity contribution >= 4 is 5.91 Å². The number of methoxy groups -OCH3 is 2. The molecule has 150 valence electrons. The fourth-order valence-corrected chi connectivity index (χ4v) is 4.25. The first-order valence-corrected chi connectivity index (χ1v) is 9.53. The van der Waals surface area contributed by atoms with Gasteiger partial charge < -0.3 is 19.7 Å². The molecule has 0 aliphatic carbocycles. The number of halogens is 1. The number of benzene rings is 2. The first-order chi connectivity index (χ1) is 13.4. The lowest BCUT2D eigenvalue weighted by atomic mass is 9.87. The summed E-state index contributed by atoms with van der Waals surface area (Å²) in [6.45, 7) is 5.11. The van der Waals surface area contributed by atoms with Crippen LogP contribution in [0.3, 0.4) is 0 Å². The van der Waals surface area contributed by atoms with Crippen LogP contribution < -0.4 is 19.7 Å². The van der Waals surface area contributed by atoms with Crippen molar-refractivity contribution in [3.05, 3.63) is 58.9 Å². The van der Waals surface area contributed by atoms with E-state index in [0.717, 1.165) is 24.1 Å². The maximum Gasteiger partial charge on any atom is 0.217 e. The van der Waals surface area contributed by atoms with E-state index in [0.29, 0.717) is 18.0 Å². The molecule has 6 heteroatoms. The van der Waals surface area contributed by atoms with E-state index in [1.807, 2.05) is 25.1 Å². The minimum Gasteiger partial charge on any atom is -0.493 e. The fourth-order valence-electron chi connectivity index (χ4n) is 4.25. The van der Waals surface area contributed by atoms with Gasteiger partial charge >= 0.3 is 0 Å². The maximum atomic E-state index is 13.7. The fraction of sp³-hybridized carbons (Fsp3) is 0.409. The maximum absolute atomic E-state index is 13.7. The molecule has 28 heavy (non-hydrogen) atoms. The highest BCUT2D eigenvalue weighted by molar-refractivity contribution is 5.73. The highest BCUT2D eigenvalue weighted by Gasteiger charge is 2.36. The summed E-state index contributed by atoms with van der Waals surface area (Å²) < 4.78 is 24.6. The van der Waals surface area contributed by atoms with Gasteiger partial charge in [-0.05, 0) is 36.8 Å². The standard InChI is InChI=1S/C22H27FN2O3/c1-14(24-15(2)26)22-19-12-21(28-4)20(27-3)11-17(19)8-9-25(22)13-16-6-5-7-18(23)10-16/h5-7,10-12,14,22H,8-9,13H2,1-4H3,(H,24,26)/p+1/t14-,22-/m0/s1. The van der Waals surface area contributed by atoms with Crippen molar-refractivity contribution in [2.75, 3.05) is 20.8 Å². The molecule has 2 aromatic rings. The smallest absolute Gasteiger partial charge is 0.217 e. The topological polar surface area (TPSA) is 52.0 Å². The quantitative estimate of drug-likeness (QED) is 0.798. The van der Waals surface area contributed by atoms with Gasteiger partial charge in [-0.15, -0.1) is 0 Å². The summed E-state index contributed by atoms with van der Waals surface area (Å²) in [5, 5.41) is 3.04. The minimum absolute atomic E-state index is 0.0238. The molecule has 0 saturated heterocycles. The zero-order valence-corrected chi connectivity index (χ0v) is 16.8. The molecule has 1 amide bonds. The molecule has 1 aliphatic heterocycles. The highest BCUT2D eigenvalue weighted by Crippen LogP contribution is 2.35. The van der Waals surface area contributed by atoms with Gasteiger partial charge in [-0.2, -0.15) is 0 Å². The highest BCUT2D eigenvalue weighted by atomic mass is 19.1. The van der Waals surface area contributed by atoms with Crippen LogP contribution in [-0.4, -0.2) is 32.7 Å². The Hall–Kier alpha value is -2.60. The minimum atomic E-state index is -0.229. The predicted octanol–water partition coefficient (Wildman–Crippen LogP) is 2.05. The molecular weight excluding hydrogens is 359 g/mol. The normalized spacial score (nSPS) is 19.5. The van der Waals surface area contributed by atoms with Gasteiger partial charge in [-0.25, -0.2) is 4.39 Å². The Labute approximate surface area is 165 Å². The van der Waals surface area contributed by atoms with Gasteiger partial charge in [0.15, 0.2) is 11.5 Å². The third-order valence-corrected chi connectivity index (χ3v) is 5.39. The molecule has 1 unspecified atom stereocenters. The third-order valence-electron chi connectivity index (χ3n) is 5.39. The molecule has 0 fully saturated rings. The van der Waals surface area contributed by atoms with Gasteiger partial charge in [0.05, 0.1) is 26.8 Å². The Morgan fingerprint density at radius 2 is 1.96 bits per heavy atom. The van der Waals surface area contributed by atoms with E-state index >= 15 is 0 Å². The summed E-state index contributed by atoms with van der Waals surface area (Å²) in [5.41, 5.74) is 3.28. The number of carbonyl (C=O) groups is 1. The van der Waals surface area contributed by atoms with Crippen molar-refractivity contribution in [1.82, 2.24) is 5.32 Å². The van der Waals surface area contributed by atoms with E-state index < -0.39 is 0 Å². The molecule has 1 aliphatic rings. The van der Waals surface area contributed by atoms with Crippen molar-refractivity contribution < 1.29 is 23.6 Å². The number of hydrogen-bond donors (Lipinski definition) is 2. The average Bonchev–Trinajstić information content (AvgIpc) is 2.66. The van der Waals surface area contributed by atoms with Gasteiger partial charge in [0.1, 0.15) is 18.4 Å². The molecular formula is C22H28FN2O3+. The monoisotopic (exact) mass is 387 g/mol. The lowest BCUT2D eigenvalue weighted by Gasteiger charge is -2.38. The Balaban J connectivity index is 2.00. The Morgan fingerprint density at radius 3 is 2.61 bits per heavy atom. The molecule has 0 saturated carbocycles. The van der Waals surface area contributed by atoms with E-state index in [-0.39, 0.29) is 23.8 Å². The van der Waals surface area contributed by atoms with Crippen LogP contribution >= 0.6 is 0 Å².